The second kappa shape index (κ2) is 3.99. The van der Waals surface area contributed by atoms with Crippen LogP contribution in [0.1, 0.15) is 33.6 Å². The lowest BCUT2D eigenvalue weighted by Gasteiger charge is -2.33. The molecule has 2 unspecified atom stereocenters. The van der Waals surface area contributed by atoms with Crippen LogP contribution in [0.4, 0.5) is 0 Å². The molecular formula is C10H20O2S. The van der Waals surface area contributed by atoms with Gasteiger partial charge >= 0.3 is 0 Å². The van der Waals surface area contributed by atoms with Gasteiger partial charge in [0.2, 0.25) is 0 Å². The number of hydrogen-bond acceptors (Lipinski definition) is 2. The van der Waals surface area contributed by atoms with Crippen LogP contribution < -0.4 is 0 Å². The van der Waals surface area contributed by atoms with Crippen molar-refractivity contribution in [2.24, 2.45) is 17.8 Å². The summed E-state index contributed by atoms with van der Waals surface area (Å²) in [6.45, 7) is 6.43. The van der Waals surface area contributed by atoms with Crippen molar-refractivity contribution in [3.05, 3.63) is 0 Å². The van der Waals surface area contributed by atoms with E-state index in [4.69, 9.17) is 0 Å². The Morgan fingerprint density at radius 3 is 2.46 bits per heavy atom. The number of sulfone groups is 1. The van der Waals surface area contributed by atoms with Gasteiger partial charge in [-0.2, -0.15) is 0 Å². The molecule has 1 aliphatic rings. The molecule has 0 spiro atoms. The minimum atomic E-state index is -2.72. The van der Waals surface area contributed by atoms with E-state index in [1.54, 1.807) is 0 Å². The van der Waals surface area contributed by atoms with E-state index < -0.39 is 9.84 Å². The smallest absolute Gasteiger partial charge is 0.150 e. The van der Waals surface area contributed by atoms with E-state index in [1.807, 2.05) is 0 Å². The largest absolute Gasteiger partial charge is 0.229 e. The first-order valence-corrected chi connectivity index (χ1v) is 6.99. The highest BCUT2D eigenvalue weighted by Crippen LogP contribution is 2.32. The Hall–Kier alpha value is -0.0500. The summed E-state index contributed by atoms with van der Waals surface area (Å²) in [6, 6.07) is 0. The molecule has 13 heavy (non-hydrogen) atoms. The lowest BCUT2D eigenvalue weighted by atomic mass is 9.81. The SMILES string of the molecule is CCC1CCS(=O)(=O)CC1C(C)C. The van der Waals surface area contributed by atoms with Crippen molar-refractivity contribution >= 4 is 9.84 Å². The highest BCUT2D eigenvalue weighted by molar-refractivity contribution is 7.91. The summed E-state index contributed by atoms with van der Waals surface area (Å²) < 4.78 is 22.9. The van der Waals surface area contributed by atoms with Crippen molar-refractivity contribution in [1.29, 1.82) is 0 Å². The maximum Gasteiger partial charge on any atom is 0.150 e. The topological polar surface area (TPSA) is 34.1 Å². The summed E-state index contributed by atoms with van der Waals surface area (Å²) in [5, 5.41) is 0. The van der Waals surface area contributed by atoms with Gasteiger partial charge in [0, 0.05) is 0 Å². The maximum absolute atomic E-state index is 11.4. The van der Waals surface area contributed by atoms with Gasteiger partial charge in [-0.1, -0.05) is 27.2 Å². The van der Waals surface area contributed by atoms with E-state index in [-0.39, 0.29) is 0 Å². The van der Waals surface area contributed by atoms with Crippen LogP contribution in [0.2, 0.25) is 0 Å². The second-order valence-corrected chi connectivity index (χ2v) is 6.71. The maximum atomic E-state index is 11.4. The van der Waals surface area contributed by atoms with Gasteiger partial charge in [0.05, 0.1) is 11.5 Å². The Kier molecular flexibility index (Phi) is 3.38. The first-order valence-electron chi connectivity index (χ1n) is 5.16. The molecule has 1 aliphatic heterocycles. The first-order chi connectivity index (χ1) is 5.96. The third kappa shape index (κ3) is 2.70. The zero-order valence-corrected chi connectivity index (χ0v) is 9.60. The van der Waals surface area contributed by atoms with Crippen LogP contribution in [-0.4, -0.2) is 19.9 Å². The Morgan fingerprint density at radius 1 is 1.38 bits per heavy atom. The van der Waals surface area contributed by atoms with E-state index >= 15 is 0 Å². The van der Waals surface area contributed by atoms with Gasteiger partial charge in [-0.05, 0) is 24.2 Å². The standard InChI is InChI=1S/C10H20O2S/c1-4-9-5-6-13(11,12)7-10(9)8(2)3/h8-10H,4-7H2,1-3H3. The molecule has 1 fully saturated rings. The minimum Gasteiger partial charge on any atom is -0.229 e. The van der Waals surface area contributed by atoms with Crippen LogP contribution in [0.15, 0.2) is 0 Å². The van der Waals surface area contributed by atoms with Crippen molar-refractivity contribution in [2.75, 3.05) is 11.5 Å². The van der Waals surface area contributed by atoms with Gasteiger partial charge < -0.3 is 0 Å². The fourth-order valence-corrected chi connectivity index (χ4v) is 4.37. The van der Waals surface area contributed by atoms with E-state index in [0.717, 1.165) is 12.8 Å². The molecule has 0 N–H and O–H groups in total. The summed E-state index contributed by atoms with van der Waals surface area (Å²) in [5.74, 6) is 2.35. The Labute approximate surface area is 81.6 Å². The van der Waals surface area contributed by atoms with Gasteiger partial charge in [-0.25, -0.2) is 8.42 Å². The normalized spacial score (nSPS) is 33.5. The lowest BCUT2D eigenvalue weighted by Crippen LogP contribution is -2.35. The summed E-state index contributed by atoms with van der Waals surface area (Å²) >= 11 is 0. The lowest BCUT2D eigenvalue weighted by molar-refractivity contribution is 0.254. The van der Waals surface area contributed by atoms with E-state index in [1.165, 1.54) is 0 Å². The molecule has 0 radical (unpaired) electrons. The van der Waals surface area contributed by atoms with E-state index in [9.17, 15) is 8.42 Å². The molecular weight excluding hydrogens is 184 g/mol. The summed E-state index contributed by atoms with van der Waals surface area (Å²) in [6.07, 6.45) is 2.00. The Balaban J connectivity index is 2.74. The highest BCUT2D eigenvalue weighted by atomic mass is 32.2. The summed E-state index contributed by atoms with van der Waals surface area (Å²) in [7, 11) is -2.72. The molecule has 0 aromatic heterocycles. The predicted molar refractivity (Wildman–Crippen MR) is 55.4 cm³/mol. The van der Waals surface area contributed by atoms with Crippen molar-refractivity contribution < 1.29 is 8.42 Å². The quantitative estimate of drug-likeness (QED) is 0.690. The first kappa shape index (κ1) is 11.0. The third-order valence-electron chi connectivity index (χ3n) is 3.23. The van der Waals surface area contributed by atoms with E-state index in [2.05, 4.69) is 20.8 Å². The number of hydrogen-bond donors (Lipinski definition) is 0. The average molecular weight is 204 g/mol. The van der Waals surface area contributed by atoms with Gasteiger partial charge in [0.1, 0.15) is 0 Å². The molecule has 78 valence electrons. The minimum absolute atomic E-state index is 0.392. The molecule has 0 saturated carbocycles. The van der Waals surface area contributed by atoms with Gasteiger partial charge in [-0.3, -0.25) is 0 Å². The molecule has 0 aliphatic carbocycles. The molecule has 0 aromatic carbocycles. The Bertz CT molecular complexity index is 254. The molecule has 0 bridgehead atoms. The van der Waals surface area contributed by atoms with Gasteiger partial charge in [0.25, 0.3) is 0 Å². The second-order valence-electron chi connectivity index (χ2n) is 4.48. The fraction of sp³-hybridized carbons (Fsp3) is 1.00. The predicted octanol–water partition coefficient (Wildman–Crippen LogP) is 2.10. The van der Waals surface area contributed by atoms with Gasteiger partial charge in [-0.15, -0.1) is 0 Å². The molecule has 2 atom stereocenters. The summed E-state index contributed by atoms with van der Waals surface area (Å²) in [5.41, 5.74) is 0. The van der Waals surface area contributed by atoms with Crippen molar-refractivity contribution in [3.8, 4) is 0 Å². The van der Waals surface area contributed by atoms with Crippen LogP contribution in [-0.2, 0) is 9.84 Å². The molecule has 0 amide bonds. The zero-order valence-electron chi connectivity index (χ0n) is 8.79. The zero-order chi connectivity index (χ0) is 10.1. The third-order valence-corrected chi connectivity index (χ3v) is 4.98. The molecule has 1 heterocycles. The van der Waals surface area contributed by atoms with Gasteiger partial charge in [0.15, 0.2) is 9.84 Å². The van der Waals surface area contributed by atoms with Crippen molar-refractivity contribution in [2.45, 2.75) is 33.6 Å². The molecule has 0 aromatic rings. The Morgan fingerprint density at radius 2 is 2.00 bits per heavy atom. The van der Waals surface area contributed by atoms with E-state index in [0.29, 0.717) is 29.3 Å². The van der Waals surface area contributed by atoms with Crippen LogP contribution >= 0.6 is 0 Å². The van der Waals surface area contributed by atoms with Crippen LogP contribution in [0, 0.1) is 17.8 Å². The highest BCUT2D eigenvalue weighted by Gasteiger charge is 2.33. The molecule has 1 saturated heterocycles. The molecule has 3 heteroatoms. The summed E-state index contributed by atoms with van der Waals surface area (Å²) in [4.78, 5) is 0. The fourth-order valence-electron chi connectivity index (χ4n) is 2.30. The van der Waals surface area contributed by atoms with Crippen molar-refractivity contribution in [1.82, 2.24) is 0 Å². The van der Waals surface area contributed by atoms with Crippen LogP contribution in [0.5, 0.6) is 0 Å². The van der Waals surface area contributed by atoms with Crippen LogP contribution in [0.25, 0.3) is 0 Å². The molecule has 2 nitrogen and oxygen atoms in total. The monoisotopic (exact) mass is 204 g/mol. The van der Waals surface area contributed by atoms with Crippen molar-refractivity contribution in [3.63, 3.8) is 0 Å². The van der Waals surface area contributed by atoms with Crippen LogP contribution in [0.3, 0.4) is 0 Å². The molecule has 1 rings (SSSR count). The average Bonchev–Trinajstić information content (AvgIpc) is 2.03. The number of rotatable bonds is 2.